The van der Waals surface area contributed by atoms with Crippen molar-refractivity contribution in [1.82, 2.24) is 10.1 Å². The molecule has 1 fully saturated rings. The van der Waals surface area contributed by atoms with E-state index in [2.05, 4.69) is 17.1 Å². The number of phenolic OH excluding ortho intramolecular Hbond substituents is 1. The van der Waals surface area contributed by atoms with Gasteiger partial charge in [-0.2, -0.15) is 4.98 Å². The maximum Gasteiger partial charge on any atom is 0.261 e. The lowest BCUT2D eigenvalue weighted by Gasteiger charge is -2.23. The fraction of sp³-hybridized carbons (Fsp3) is 0.467. The first-order valence-corrected chi connectivity index (χ1v) is 7.34. The smallest absolute Gasteiger partial charge is 0.261 e. The van der Waals surface area contributed by atoms with Crippen LogP contribution in [0.2, 0.25) is 5.02 Å². The second-order valence-corrected chi connectivity index (χ2v) is 6.01. The van der Waals surface area contributed by atoms with Crippen LogP contribution in [0.1, 0.15) is 44.3 Å². The van der Waals surface area contributed by atoms with Crippen LogP contribution in [0.5, 0.6) is 5.75 Å². The van der Waals surface area contributed by atoms with Gasteiger partial charge in [-0.25, -0.2) is 0 Å². The van der Waals surface area contributed by atoms with Gasteiger partial charge in [-0.05, 0) is 37.0 Å². The molecule has 106 valence electrons. The number of aromatic nitrogens is 2. The average Bonchev–Trinajstić information content (AvgIpc) is 2.92. The van der Waals surface area contributed by atoms with Gasteiger partial charge in [0.05, 0.1) is 5.56 Å². The van der Waals surface area contributed by atoms with Gasteiger partial charge in [-0.15, -0.1) is 0 Å². The molecule has 0 amide bonds. The molecule has 1 heterocycles. The Morgan fingerprint density at radius 1 is 1.25 bits per heavy atom. The van der Waals surface area contributed by atoms with E-state index in [1.807, 2.05) is 0 Å². The number of hydrogen-bond donors (Lipinski definition) is 1. The van der Waals surface area contributed by atoms with Crippen LogP contribution in [0.4, 0.5) is 0 Å². The molecule has 0 radical (unpaired) electrons. The van der Waals surface area contributed by atoms with E-state index >= 15 is 0 Å². The van der Waals surface area contributed by atoms with Gasteiger partial charge < -0.3 is 9.63 Å². The second kappa shape index (κ2) is 5.44. The Morgan fingerprint density at radius 3 is 2.75 bits per heavy atom. The monoisotopic (exact) mass is 292 g/mol. The van der Waals surface area contributed by atoms with Gasteiger partial charge in [-0.1, -0.05) is 36.5 Å². The molecule has 2 aromatic rings. The zero-order chi connectivity index (χ0) is 14.1. The zero-order valence-electron chi connectivity index (χ0n) is 11.3. The summed E-state index contributed by atoms with van der Waals surface area (Å²) in [5.41, 5.74) is 0.487. The summed E-state index contributed by atoms with van der Waals surface area (Å²) in [6, 6.07) is 4.79. The largest absolute Gasteiger partial charge is 0.507 e. The van der Waals surface area contributed by atoms with Crippen LogP contribution >= 0.6 is 11.6 Å². The van der Waals surface area contributed by atoms with Crippen LogP contribution in [0, 0.1) is 5.92 Å². The first-order chi connectivity index (χ1) is 9.63. The lowest BCUT2D eigenvalue weighted by molar-refractivity contribution is 0.328. The highest BCUT2D eigenvalue weighted by Crippen LogP contribution is 2.36. The molecule has 20 heavy (non-hydrogen) atoms. The number of hydrogen-bond acceptors (Lipinski definition) is 4. The quantitative estimate of drug-likeness (QED) is 0.892. The number of benzene rings is 1. The highest BCUT2D eigenvalue weighted by molar-refractivity contribution is 6.30. The van der Waals surface area contributed by atoms with Crippen LogP contribution in [0.3, 0.4) is 0 Å². The van der Waals surface area contributed by atoms with E-state index in [0.717, 1.165) is 24.6 Å². The highest BCUT2D eigenvalue weighted by Gasteiger charge is 2.24. The minimum Gasteiger partial charge on any atom is -0.507 e. The normalized spacial score (nSPS) is 22.9. The van der Waals surface area contributed by atoms with Gasteiger partial charge in [-0.3, -0.25) is 0 Å². The number of aromatic hydroxyl groups is 1. The Hall–Kier alpha value is -1.55. The van der Waals surface area contributed by atoms with Crippen LogP contribution in [-0.2, 0) is 0 Å². The molecule has 4 nitrogen and oxygen atoms in total. The minimum atomic E-state index is 0.0990. The van der Waals surface area contributed by atoms with Crippen molar-refractivity contribution in [3.05, 3.63) is 29.0 Å². The molecule has 1 aromatic carbocycles. The van der Waals surface area contributed by atoms with E-state index in [9.17, 15) is 5.11 Å². The van der Waals surface area contributed by atoms with Crippen LogP contribution in [0.15, 0.2) is 22.7 Å². The van der Waals surface area contributed by atoms with Crippen LogP contribution in [0.25, 0.3) is 11.5 Å². The molecule has 0 saturated heterocycles. The van der Waals surface area contributed by atoms with E-state index in [1.165, 1.54) is 18.9 Å². The van der Waals surface area contributed by atoms with E-state index in [-0.39, 0.29) is 5.75 Å². The molecule has 0 spiro atoms. The molecule has 0 aliphatic heterocycles. The summed E-state index contributed by atoms with van der Waals surface area (Å²) in [7, 11) is 0. The van der Waals surface area contributed by atoms with Gasteiger partial charge in [0.2, 0.25) is 0 Å². The average molecular weight is 293 g/mol. The Labute approximate surface area is 122 Å². The van der Waals surface area contributed by atoms with E-state index in [4.69, 9.17) is 16.1 Å². The van der Waals surface area contributed by atoms with Crippen molar-refractivity contribution < 1.29 is 9.63 Å². The van der Waals surface area contributed by atoms with Crippen molar-refractivity contribution in [2.75, 3.05) is 0 Å². The third-order valence-corrected chi connectivity index (χ3v) is 4.25. The van der Waals surface area contributed by atoms with Crippen LogP contribution in [-0.4, -0.2) is 15.2 Å². The van der Waals surface area contributed by atoms with Gasteiger partial charge in [0.25, 0.3) is 5.89 Å². The summed E-state index contributed by atoms with van der Waals surface area (Å²) >= 11 is 5.94. The molecular weight excluding hydrogens is 276 g/mol. The van der Waals surface area contributed by atoms with Gasteiger partial charge in [0.15, 0.2) is 5.82 Å². The van der Waals surface area contributed by atoms with Crippen molar-refractivity contribution in [2.24, 2.45) is 5.92 Å². The number of halogens is 1. The summed E-state index contributed by atoms with van der Waals surface area (Å²) in [5.74, 6) is 2.33. The molecule has 1 aliphatic carbocycles. The molecule has 0 bridgehead atoms. The predicted octanol–water partition coefficient (Wildman–Crippen LogP) is 4.39. The Kier molecular flexibility index (Phi) is 3.66. The molecule has 0 atom stereocenters. The summed E-state index contributed by atoms with van der Waals surface area (Å²) in [5, 5.41) is 14.5. The van der Waals surface area contributed by atoms with Crippen molar-refractivity contribution in [3.63, 3.8) is 0 Å². The van der Waals surface area contributed by atoms with Crippen molar-refractivity contribution in [3.8, 4) is 17.2 Å². The molecular formula is C15H17ClN2O2. The molecule has 0 unspecified atom stereocenters. The number of phenols is 1. The Morgan fingerprint density at radius 2 is 2.00 bits per heavy atom. The molecule has 5 heteroatoms. The van der Waals surface area contributed by atoms with Gasteiger partial charge >= 0.3 is 0 Å². The summed E-state index contributed by atoms with van der Waals surface area (Å²) < 4.78 is 5.29. The maximum absolute atomic E-state index is 9.86. The van der Waals surface area contributed by atoms with Crippen molar-refractivity contribution >= 4 is 11.6 Å². The fourth-order valence-electron chi connectivity index (χ4n) is 2.71. The van der Waals surface area contributed by atoms with Crippen molar-refractivity contribution in [2.45, 2.75) is 38.5 Å². The number of rotatable bonds is 2. The van der Waals surface area contributed by atoms with Gasteiger partial charge in [0.1, 0.15) is 5.75 Å². The predicted molar refractivity (Wildman–Crippen MR) is 76.8 cm³/mol. The fourth-order valence-corrected chi connectivity index (χ4v) is 2.88. The maximum atomic E-state index is 9.86. The van der Waals surface area contributed by atoms with E-state index in [0.29, 0.717) is 22.4 Å². The van der Waals surface area contributed by atoms with Gasteiger partial charge in [0, 0.05) is 10.9 Å². The Balaban J connectivity index is 1.85. The van der Waals surface area contributed by atoms with Crippen molar-refractivity contribution in [1.29, 1.82) is 0 Å². The second-order valence-electron chi connectivity index (χ2n) is 5.58. The first-order valence-electron chi connectivity index (χ1n) is 6.96. The molecule has 1 aromatic heterocycles. The third-order valence-electron chi connectivity index (χ3n) is 4.01. The highest BCUT2D eigenvalue weighted by atomic mass is 35.5. The topological polar surface area (TPSA) is 59.2 Å². The van der Waals surface area contributed by atoms with E-state index in [1.54, 1.807) is 12.1 Å². The minimum absolute atomic E-state index is 0.0990. The first kappa shape index (κ1) is 13.4. The molecule has 1 saturated carbocycles. The summed E-state index contributed by atoms with van der Waals surface area (Å²) in [6.45, 7) is 2.28. The lowest BCUT2D eigenvalue weighted by Crippen LogP contribution is -2.11. The lowest BCUT2D eigenvalue weighted by atomic mass is 9.83. The number of nitrogens with zero attached hydrogens (tertiary/aromatic N) is 2. The summed E-state index contributed by atoms with van der Waals surface area (Å²) in [6.07, 6.45) is 4.61. The summed E-state index contributed by atoms with van der Waals surface area (Å²) in [4.78, 5) is 4.43. The molecule has 1 N–H and O–H groups in total. The third kappa shape index (κ3) is 2.66. The SMILES string of the molecule is CC1CCC(c2noc(-c3cc(Cl)ccc3O)n2)CC1. The Bertz CT molecular complexity index is 604. The molecule has 3 rings (SSSR count). The standard InChI is InChI=1S/C15H17ClN2O2/c1-9-2-4-10(5-3-9)14-17-15(20-18-14)12-8-11(16)6-7-13(12)19/h6-10,19H,2-5H2,1H3. The van der Waals surface area contributed by atoms with Crippen LogP contribution < -0.4 is 0 Å². The van der Waals surface area contributed by atoms with E-state index < -0.39 is 0 Å². The zero-order valence-corrected chi connectivity index (χ0v) is 12.1. The molecule has 1 aliphatic rings.